The van der Waals surface area contributed by atoms with E-state index in [2.05, 4.69) is 15.5 Å². The minimum atomic E-state index is -0.293. The summed E-state index contributed by atoms with van der Waals surface area (Å²) in [7, 11) is 0. The van der Waals surface area contributed by atoms with Gasteiger partial charge in [-0.3, -0.25) is 0 Å². The van der Waals surface area contributed by atoms with Crippen molar-refractivity contribution in [3.63, 3.8) is 0 Å². The lowest BCUT2D eigenvalue weighted by atomic mass is 9.85. The van der Waals surface area contributed by atoms with E-state index in [0.29, 0.717) is 29.2 Å². The molecular weight excluding hydrogens is 334 g/mol. The van der Waals surface area contributed by atoms with Crippen molar-refractivity contribution in [2.75, 3.05) is 12.3 Å². The molecule has 0 fully saturated rings. The summed E-state index contributed by atoms with van der Waals surface area (Å²) < 4.78 is 28.4. The van der Waals surface area contributed by atoms with Crippen LogP contribution in [0.2, 0.25) is 0 Å². The summed E-state index contributed by atoms with van der Waals surface area (Å²) in [6.45, 7) is 1.33. The standard InChI is InChI=1S/C20H18F2N4/c21-15-3-1-12(2-4-15)16-7-8-24-11-14-9-13(10-17(22)20(14)16)18-5-6-19(23)26-25-18/h1-6,9-10,16,24H,7-8,11H2,(H2,23,26). The third-order valence-corrected chi connectivity index (χ3v) is 4.74. The number of hydrogen-bond donors (Lipinski definition) is 2. The Hall–Kier alpha value is -2.86. The highest BCUT2D eigenvalue weighted by molar-refractivity contribution is 5.62. The summed E-state index contributed by atoms with van der Waals surface area (Å²) in [6, 6.07) is 13.1. The van der Waals surface area contributed by atoms with Crippen molar-refractivity contribution < 1.29 is 8.78 Å². The second kappa shape index (κ2) is 6.80. The summed E-state index contributed by atoms with van der Waals surface area (Å²) in [4.78, 5) is 0. The van der Waals surface area contributed by atoms with Crippen molar-refractivity contribution in [2.24, 2.45) is 0 Å². The van der Waals surface area contributed by atoms with Gasteiger partial charge in [0.05, 0.1) is 5.69 Å². The van der Waals surface area contributed by atoms with Crippen molar-refractivity contribution in [3.05, 3.63) is 76.9 Å². The fourth-order valence-electron chi connectivity index (χ4n) is 3.50. The van der Waals surface area contributed by atoms with Crippen LogP contribution in [-0.2, 0) is 6.54 Å². The molecule has 1 atom stereocenters. The van der Waals surface area contributed by atoms with Crippen molar-refractivity contribution in [3.8, 4) is 11.3 Å². The van der Waals surface area contributed by atoms with Crippen LogP contribution in [0.3, 0.4) is 0 Å². The minimum absolute atomic E-state index is 0.118. The van der Waals surface area contributed by atoms with Gasteiger partial charge in [-0.1, -0.05) is 12.1 Å². The lowest BCUT2D eigenvalue weighted by Crippen LogP contribution is -2.12. The quantitative estimate of drug-likeness (QED) is 0.739. The van der Waals surface area contributed by atoms with Gasteiger partial charge in [0, 0.05) is 18.0 Å². The molecule has 1 unspecified atom stereocenters. The van der Waals surface area contributed by atoms with Crippen LogP contribution in [0.25, 0.3) is 11.3 Å². The molecule has 0 saturated heterocycles. The molecule has 0 amide bonds. The van der Waals surface area contributed by atoms with Gasteiger partial charge in [-0.25, -0.2) is 8.78 Å². The number of hydrogen-bond acceptors (Lipinski definition) is 4. The van der Waals surface area contributed by atoms with Gasteiger partial charge in [0.15, 0.2) is 0 Å². The summed E-state index contributed by atoms with van der Waals surface area (Å²) in [6.07, 6.45) is 0.747. The van der Waals surface area contributed by atoms with Crippen LogP contribution in [0.15, 0.2) is 48.5 Å². The highest BCUT2D eigenvalue weighted by atomic mass is 19.1. The van der Waals surface area contributed by atoms with Crippen LogP contribution in [0.5, 0.6) is 0 Å². The number of rotatable bonds is 2. The molecule has 0 saturated carbocycles. The van der Waals surface area contributed by atoms with E-state index in [1.165, 1.54) is 18.2 Å². The molecule has 4 nitrogen and oxygen atoms in total. The maximum Gasteiger partial charge on any atom is 0.146 e. The average Bonchev–Trinajstić information content (AvgIpc) is 2.86. The molecule has 0 aliphatic carbocycles. The summed E-state index contributed by atoms with van der Waals surface area (Å²) in [5.41, 5.74) is 9.26. The van der Waals surface area contributed by atoms with Crippen molar-refractivity contribution in [1.29, 1.82) is 0 Å². The molecule has 6 heteroatoms. The molecule has 1 aliphatic heterocycles. The summed E-state index contributed by atoms with van der Waals surface area (Å²) in [5, 5.41) is 11.2. The normalized spacial score (nSPS) is 16.8. The Morgan fingerprint density at radius 1 is 1.00 bits per heavy atom. The van der Waals surface area contributed by atoms with Crippen molar-refractivity contribution in [1.82, 2.24) is 15.5 Å². The van der Waals surface area contributed by atoms with Gasteiger partial charge < -0.3 is 11.1 Å². The van der Waals surface area contributed by atoms with Crippen LogP contribution in [0.1, 0.15) is 29.0 Å². The first kappa shape index (κ1) is 16.6. The third kappa shape index (κ3) is 3.15. The molecule has 3 N–H and O–H groups in total. The SMILES string of the molecule is Nc1ccc(-c2cc(F)c3c(c2)CNCCC3c2ccc(F)cc2)nn1. The molecule has 0 spiro atoms. The fourth-order valence-corrected chi connectivity index (χ4v) is 3.50. The highest BCUT2D eigenvalue weighted by Crippen LogP contribution is 2.36. The maximum atomic E-state index is 15.1. The van der Waals surface area contributed by atoms with Gasteiger partial charge in [-0.15, -0.1) is 10.2 Å². The Balaban J connectivity index is 1.80. The molecule has 1 aliphatic rings. The predicted molar refractivity (Wildman–Crippen MR) is 96.4 cm³/mol. The van der Waals surface area contributed by atoms with E-state index in [0.717, 1.165) is 24.1 Å². The molecule has 26 heavy (non-hydrogen) atoms. The molecule has 2 aromatic carbocycles. The first-order valence-corrected chi connectivity index (χ1v) is 8.50. The number of anilines is 1. The zero-order valence-electron chi connectivity index (χ0n) is 14.0. The topological polar surface area (TPSA) is 63.8 Å². The van der Waals surface area contributed by atoms with Gasteiger partial charge in [-0.2, -0.15) is 0 Å². The lowest BCUT2D eigenvalue weighted by Gasteiger charge is -2.19. The number of fused-ring (bicyclic) bond motifs is 1. The number of nitrogens with two attached hydrogens (primary N) is 1. The Morgan fingerprint density at radius 2 is 1.81 bits per heavy atom. The monoisotopic (exact) mass is 352 g/mol. The maximum absolute atomic E-state index is 15.1. The number of nitrogen functional groups attached to an aromatic ring is 1. The average molecular weight is 352 g/mol. The molecule has 2 heterocycles. The van der Waals surface area contributed by atoms with Gasteiger partial charge in [0.1, 0.15) is 17.5 Å². The van der Waals surface area contributed by atoms with E-state index in [4.69, 9.17) is 5.73 Å². The fraction of sp³-hybridized carbons (Fsp3) is 0.200. The number of aromatic nitrogens is 2. The van der Waals surface area contributed by atoms with Gasteiger partial charge >= 0.3 is 0 Å². The van der Waals surface area contributed by atoms with E-state index in [1.807, 2.05) is 6.07 Å². The highest BCUT2D eigenvalue weighted by Gasteiger charge is 2.25. The van der Waals surface area contributed by atoms with Crippen LogP contribution >= 0.6 is 0 Å². The van der Waals surface area contributed by atoms with E-state index in [1.54, 1.807) is 24.3 Å². The number of benzene rings is 2. The number of nitrogens with zero attached hydrogens (tertiary/aromatic N) is 2. The summed E-state index contributed by atoms with van der Waals surface area (Å²) >= 11 is 0. The van der Waals surface area contributed by atoms with Gasteiger partial charge in [0.2, 0.25) is 0 Å². The Bertz CT molecular complexity index is 924. The smallest absolute Gasteiger partial charge is 0.146 e. The Morgan fingerprint density at radius 3 is 2.54 bits per heavy atom. The van der Waals surface area contributed by atoms with Crippen LogP contribution < -0.4 is 11.1 Å². The lowest BCUT2D eigenvalue weighted by molar-refractivity contribution is 0.585. The molecular formula is C20H18F2N4. The van der Waals surface area contributed by atoms with Crippen molar-refractivity contribution >= 4 is 5.82 Å². The van der Waals surface area contributed by atoms with E-state index >= 15 is 4.39 Å². The van der Waals surface area contributed by atoms with E-state index in [-0.39, 0.29) is 17.6 Å². The molecule has 0 radical (unpaired) electrons. The first-order chi connectivity index (χ1) is 12.6. The number of halogens is 2. The second-order valence-electron chi connectivity index (χ2n) is 6.44. The molecule has 1 aromatic heterocycles. The zero-order chi connectivity index (χ0) is 18.1. The van der Waals surface area contributed by atoms with Crippen LogP contribution in [0, 0.1) is 11.6 Å². The largest absolute Gasteiger partial charge is 0.382 e. The van der Waals surface area contributed by atoms with Gasteiger partial charge in [0.25, 0.3) is 0 Å². The third-order valence-electron chi connectivity index (χ3n) is 4.74. The van der Waals surface area contributed by atoms with E-state index < -0.39 is 0 Å². The van der Waals surface area contributed by atoms with Crippen LogP contribution in [0.4, 0.5) is 14.6 Å². The molecule has 132 valence electrons. The predicted octanol–water partition coefficient (Wildman–Crippen LogP) is 3.63. The minimum Gasteiger partial charge on any atom is -0.382 e. The Labute approximate surface area is 150 Å². The summed E-state index contributed by atoms with van der Waals surface area (Å²) in [5.74, 6) is -0.373. The van der Waals surface area contributed by atoms with Crippen molar-refractivity contribution in [2.45, 2.75) is 18.9 Å². The van der Waals surface area contributed by atoms with Crippen LogP contribution in [-0.4, -0.2) is 16.7 Å². The molecule has 4 rings (SSSR count). The zero-order valence-corrected chi connectivity index (χ0v) is 14.0. The van der Waals surface area contributed by atoms with E-state index in [9.17, 15) is 4.39 Å². The molecule has 0 bridgehead atoms. The van der Waals surface area contributed by atoms with Gasteiger partial charge in [-0.05, 0) is 66.1 Å². The number of nitrogens with one attached hydrogen (secondary N) is 1. The second-order valence-corrected chi connectivity index (χ2v) is 6.44. The first-order valence-electron chi connectivity index (χ1n) is 8.50. The molecule has 3 aromatic rings. The Kier molecular flexibility index (Phi) is 4.34.